The van der Waals surface area contributed by atoms with E-state index in [9.17, 15) is 9.90 Å². The van der Waals surface area contributed by atoms with E-state index in [0.29, 0.717) is 13.0 Å². The summed E-state index contributed by atoms with van der Waals surface area (Å²) in [5.41, 5.74) is -0.531. The Kier molecular flexibility index (Phi) is 3.75. The van der Waals surface area contributed by atoms with Gasteiger partial charge in [-0.15, -0.1) is 12.4 Å². The number of carbonyl (C=O) groups excluding carboxylic acids is 1. The molecule has 2 aliphatic rings. The van der Waals surface area contributed by atoms with E-state index in [4.69, 9.17) is 0 Å². The minimum atomic E-state index is -0.531. The van der Waals surface area contributed by atoms with E-state index in [1.807, 2.05) is 0 Å². The lowest BCUT2D eigenvalue weighted by atomic mass is 9.72. The molecule has 2 fully saturated rings. The lowest BCUT2D eigenvalue weighted by molar-refractivity contribution is -0.143. The van der Waals surface area contributed by atoms with Crippen molar-refractivity contribution in [2.24, 2.45) is 5.41 Å². The van der Waals surface area contributed by atoms with E-state index in [1.165, 1.54) is 0 Å². The van der Waals surface area contributed by atoms with Crippen LogP contribution >= 0.6 is 12.4 Å². The van der Waals surface area contributed by atoms with Crippen LogP contribution in [-0.2, 0) is 4.79 Å². The van der Waals surface area contributed by atoms with Crippen molar-refractivity contribution in [2.75, 3.05) is 19.6 Å². The van der Waals surface area contributed by atoms with Crippen molar-refractivity contribution in [3.63, 3.8) is 0 Å². The van der Waals surface area contributed by atoms with Crippen LogP contribution < -0.4 is 10.6 Å². The molecule has 0 unspecified atom stereocenters. The maximum absolute atomic E-state index is 11.7. The Hall–Kier alpha value is -0.320. The Balaban J connectivity index is 0.000000980. The first-order valence-electron chi connectivity index (χ1n) is 4.93. The average molecular weight is 221 g/mol. The van der Waals surface area contributed by atoms with Crippen LogP contribution in [0.3, 0.4) is 0 Å². The van der Waals surface area contributed by atoms with Gasteiger partial charge in [0.25, 0.3) is 0 Å². The van der Waals surface area contributed by atoms with Crippen LogP contribution in [0.5, 0.6) is 0 Å². The van der Waals surface area contributed by atoms with Crippen molar-refractivity contribution < 1.29 is 9.90 Å². The highest BCUT2D eigenvalue weighted by molar-refractivity contribution is 5.85. The summed E-state index contributed by atoms with van der Waals surface area (Å²) < 4.78 is 0. The lowest BCUT2D eigenvalue weighted by Crippen LogP contribution is -2.60. The molecule has 5 heteroatoms. The van der Waals surface area contributed by atoms with Gasteiger partial charge in [-0.05, 0) is 25.8 Å². The Morgan fingerprint density at radius 3 is 2.86 bits per heavy atom. The second-order valence-corrected chi connectivity index (χ2v) is 4.00. The van der Waals surface area contributed by atoms with Crippen molar-refractivity contribution in [1.29, 1.82) is 0 Å². The van der Waals surface area contributed by atoms with Crippen molar-refractivity contribution in [2.45, 2.75) is 25.4 Å². The maximum atomic E-state index is 11.7. The standard InChI is InChI=1S/C9H16N2O2.ClH/c12-7-2-5-10-6-9(7)3-1-4-11-8(9)13;/h7,10,12H,1-6H2,(H,11,13);1H/t7-,9+;/m0./s1. The van der Waals surface area contributed by atoms with E-state index in [0.717, 1.165) is 25.9 Å². The average Bonchev–Trinajstić information content (AvgIpc) is 2.15. The largest absolute Gasteiger partial charge is 0.392 e. The molecule has 2 heterocycles. The molecule has 0 aromatic carbocycles. The summed E-state index contributed by atoms with van der Waals surface area (Å²) in [5.74, 6) is 0.0263. The van der Waals surface area contributed by atoms with Gasteiger partial charge in [-0.2, -0.15) is 0 Å². The summed E-state index contributed by atoms with van der Waals surface area (Å²) in [6.07, 6.45) is 2.01. The fourth-order valence-corrected chi connectivity index (χ4v) is 2.33. The zero-order chi connectivity index (χ0) is 9.31. The molecular weight excluding hydrogens is 204 g/mol. The molecule has 4 nitrogen and oxygen atoms in total. The molecule has 0 bridgehead atoms. The van der Waals surface area contributed by atoms with Gasteiger partial charge < -0.3 is 15.7 Å². The smallest absolute Gasteiger partial charge is 0.230 e. The lowest BCUT2D eigenvalue weighted by Gasteiger charge is -2.42. The summed E-state index contributed by atoms with van der Waals surface area (Å²) in [5, 5.41) is 15.9. The van der Waals surface area contributed by atoms with Gasteiger partial charge in [0.2, 0.25) is 5.91 Å². The molecule has 0 radical (unpaired) electrons. The normalized spacial score (nSPS) is 37.5. The number of aliphatic hydroxyl groups excluding tert-OH is 1. The van der Waals surface area contributed by atoms with Gasteiger partial charge in [0.1, 0.15) is 0 Å². The first-order chi connectivity index (χ1) is 6.26. The fraction of sp³-hybridized carbons (Fsp3) is 0.889. The molecule has 2 atom stereocenters. The number of hydrogen-bond donors (Lipinski definition) is 3. The first-order valence-corrected chi connectivity index (χ1v) is 4.93. The third-order valence-corrected chi connectivity index (χ3v) is 3.21. The van der Waals surface area contributed by atoms with Crippen molar-refractivity contribution in [1.82, 2.24) is 10.6 Å². The molecule has 1 amide bonds. The molecule has 14 heavy (non-hydrogen) atoms. The van der Waals surface area contributed by atoms with E-state index in [2.05, 4.69) is 10.6 Å². The van der Waals surface area contributed by atoms with Gasteiger partial charge in [-0.3, -0.25) is 4.79 Å². The number of halogens is 1. The number of aliphatic hydroxyl groups is 1. The Labute approximate surface area is 89.9 Å². The van der Waals surface area contributed by atoms with Crippen LogP contribution in [-0.4, -0.2) is 36.8 Å². The molecule has 82 valence electrons. The summed E-state index contributed by atoms with van der Waals surface area (Å²) in [6, 6.07) is 0. The summed E-state index contributed by atoms with van der Waals surface area (Å²) in [7, 11) is 0. The zero-order valence-corrected chi connectivity index (χ0v) is 8.90. The quantitative estimate of drug-likeness (QED) is 0.524. The van der Waals surface area contributed by atoms with Crippen molar-refractivity contribution in [3.05, 3.63) is 0 Å². The van der Waals surface area contributed by atoms with Gasteiger partial charge in [0.15, 0.2) is 0 Å². The molecule has 2 rings (SSSR count). The number of amides is 1. The van der Waals surface area contributed by atoms with Crippen molar-refractivity contribution >= 4 is 18.3 Å². The topological polar surface area (TPSA) is 61.4 Å². The zero-order valence-electron chi connectivity index (χ0n) is 8.08. The monoisotopic (exact) mass is 220 g/mol. The number of hydrogen-bond acceptors (Lipinski definition) is 3. The van der Waals surface area contributed by atoms with E-state index >= 15 is 0 Å². The minimum Gasteiger partial charge on any atom is -0.392 e. The van der Waals surface area contributed by atoms with E-state index in [1.54, 1.807) is 0 Å². The fourth-order valence-electron chi connectivity index (χ4n) is 2.33. The number of carbonyl (C=O) groups is 1. The Morgan fingerprint density at radius 2 is 2.21 bits per heavy atom. The minimum absolute atomic E-state index is 0. The van der Waals surface area contributed by atoms with Gasteiger partial charge in [-0.1, -0.05) is 0 Å². The van der Waals surface area contributed by atoms with Crippen LogP contribution in [0.25, 0.3) is 0 Å². The van der Waals surface area contributed by atoms with Crippen LogP contribution in [0.4, 0.5) is 0 Å². The predicted molar refractivity (Wildman–Crippen MR) is 55.4 cm³/mol. The van der Waals surface area contributed by atoms with Gasteiger partial charge in [0, 0.05) is 13.1 Å². The highest BCUT2D eigenvalue weighted by Gasteiger charge is 2.47. The summed E-state index contributed by atoms with van der Waals surface area (Å²) in [4.78, 5) is 11.7. The van der Waals surface area contributed by atoms with Gasteiger partial charge >= 0.3 is 0 Å². The highest BCUT2D eigenvalue weighted by atomic mass is 35.5. The summed E-state index contributed by atoms with van der Waals surface area (Å²) in [6.45, 7) is 2.20. The predicted octanol–water partition coefficient (Wildman–Crippen LogP) is -0.341. The maximum Gasteiger partial charge on any atom is 0.230 e. The highest BCUT2D eigenvalue weighted by Crippen LogP contribution is 2.34. The second kappa shape index (κ2) is 4.47. The van der Waals surface area contributed by atoms with Crippen LogP contribution in [0.2, 0.25) is 0 Å². The number of nitrogens with one attached hydrogen (secondary N) is 2. The summed E-state index contributed by atoms with van der Waals surface area (Å²) >= 11 is 0. The first kappa shape index (κ1) is 11.8. The molecule has 3 N–H and O–H groups in total. The number of rotatable bonds is 0. The Bertz CT molecular complexity index is 219. The SMILES string of the molecule is Cl.O=C1NCCC[C@]12CNCC[C@@H]2O. The molecule has 0 saturated carbocycles. The van der Waals surface area contributed by atoms with Gasteiger partial charge in [-0.25, -0.2) is 0 Å². The third kappa shape index (κ3) is 1.74. The molecule has 0 aromatic rings. The molecular formula is C9H17ClN2O2. The van der Waals surface area contributed by atoms with Crippen LogP contribution in [0, 0.1) is 5.41 Å². The Morgan fingerprint density at radius 1 is 1.43 bits per heavy atom. The van der Waals surface area contributed by atoms with Crippen LogP contribution in [0.1, 0.15) is 19.3 Å². The molecule has 0 aromatic heterocycles. The molecule has 1 spiro atoms. The molecule has 0 aliphatic carbocycles. The number of piperidine rings is 2. The van der Waals surface area contributed by atoms with E-state index < -0.39 is 11.5 Å². The van der Waals surface area contributed by atoms with Crippen molar-refractivity contribution in [3.8, 4) is 0 Å². The van der Waals surface area contributed by atoms with Gasteiger partial charge in [0.05, 0.1) is 11.5 Å². The molecule has 2 saturated heterocycles. The molecule has 2 aliphatic heterocycles. The second-order valence-electron chi connectivity index (χ2n) is 4.00. The van der Waals surface area contributed by atoms with E-state index in [-0.39, 0.29) is 18.3 Å². The third-order valence-electron chi connectivity index (χ3n) is 3.21. The van der Waals surface area contributed by atoms with Crippen LogP contribution in [0.15, 0.2) is 0 Å².